The molecule has 3 heterocycles. The summed E-state index contributed by atoms with van der Waals surface area (Å²) in [6.07, 6.45) is 6.52. The number of carboxylic acid groups (broad SMARTS) is 2. The molecule has 3 aromatic rings. The molecule has 0 amide bonds. The summed E-state index contributed by atoms with van der Waals surface area (Å²) in [7, 11) is 0. The number of thiophene rings is 2. The summed E-state index contributed by atoms with van der Waals surface area (Å²) < 4.78 is 1.99. The summed E-state index contributed by atoms with van der Waals surface area (Å²) in [5.74, 6) is -1.02. The van der Waals surface area contributed by atoms with Crippen LogP contribution < -0.4 is 0 Å². The number of nitrogens with zero attached hydrogens (tertiary/aromatic N) is 2. The molecule has 152 valence electrons. The fourth-order valence-electron chi connectivity index (χ4n) is 2.96. The van der Waals surface area contributed by atoms with Crippen LogP contribution >= 0.6 is 22.7 Å². The van der Waals surface area contributed by atoms with Gasteiger partial charge in [-0.05, 0) is 36.1 Å². The van der Waals surface area contributed by atoms with E-state index in [4.69, 9.17) is 5.11 Å². The van der Waals surface area contributed by atoms with E-state index in [1.54, 1.807) is 24.4 Å². The molecule has 3 rings (SSSR count). The summed E-state index contributed by atoms with van der Waals surface area (Å²) in [5.41, 5.74) is 1.02. The van der Waals surface area contributed by atoms with Crippen molar-refractivity contribution in [2.24, 2.45) is 0 Å². The third-order valence-corrected chi connectivity index (χ3v) is 6.39. The second-order valence-corrected chi connectivity index (χ2v) is 8.79. The Balaban J connectivity index is 1.94. The number of imidazole rings is 1. The van der Waals surface area contributed by atoms with Crippen molar-refractivity contribution in [3.8, 4) is 0 Å². The van der Waals surface area contributed by atoms with Gasteiger partial charge in [-0.2, -0.15) is 0 Å². The first-order valence-corrected chi connectivity index (χ1v) is 11.0. The van der Waals surface area contributed by atoms with Crippen molar-refractivity contribution in [1.82, 2.24) is 9.55 Å². The Hall–Kier alpha value is -2.71. The first-order chi connectivity index (χ1) is 14.0. The average molecular weight is 431 g/mol. The van der Waals surface area contributed by atoms with Crippen LogP contribution in [0.3, 0.4) is 0 Å². The molecule has 0 aliphatic heterocycles. The number of hydrogen-bond donors (Lipinski definition) is 2. The first-order valence-electron chi connectivity index (χ1n) is 9.30. The van der Waals surface area contributed by atoms with Gasteiger partial charge in [0.1, 0.15) is 10.7 Å². The van der Waals surface area contributed by atoms with Crippen LogP contribution in [-0.2, 0) is 24.2 Å². The predicted molar refractivity (Wildman–Crippen MR) is 115 cm³/mol. The highest BCUT2D eigenvalue weighted by atomic mass is 32.1. The van der Waals surface area contributed by atoms with Crippen LogP contribution in [0.2, 0.25) is 0 Å². The van der Waals surface area contributed by atoms with E-state index >= 15 is 0 Å². The monoisotopic (exact) mass is 430 g/mol. The zero-order valence-electron chi connectivity index (χ0n) is 16.0. The van der Waals surface area contributed by atoms with E-state index in [-0.39, 0.29) is 4.88 Å². The molecule has 0 unspecified atom stereocenters. The molecule has 6 nitrogen and oxygen atoms in total. The summed E-state index contributed by atoms with van der Waals surface area (Å²) in [6.45, 7) is 2.57. The van der Waals surface area contributed by atoms with Gasteiger partial charge < -0.3 is 14.8 Å². The van der Waals surface area contributed by atoms with Crippen molar-refractivity contribution >= 4 is 40.7 Å². The maximum absolute atomic E-state index is 11.8. The van der Waals surface area contributed by atoms with Crippen molar-refractivity contribution in [1.29, 1.82) is 0 Å². The fraction of sp³-hybridized carbons (Fsp3) is 0.286. The SMILES string of the molecule is CCCCc1ncc(/C=C(/Cc2cccs2)C(=O)O)n1Cc1ccc(C(=O)O)s1. The van der Waals surface area contributed by atoms with Crippen molar-refractivity contribution < 1.29 is 19.8 Å². The van der Waals surface area contributed by atoms with Gasteiger partial charge in [-0.25, -0.2) is 14.6 Å². The van der Waals surface area contributed by atoms with Gasteiger partial charge in [0.2, 0.25) is 0 Å². The highest BCUT2D eigenvalue weighted by molar-refractivity contribution is 7.13. The zero-order valence-corrected chi connectivity index (χ0v) is 17.6. The van der Waals surface area contributed by atoms with E-state index in [0.29, 0.717) is 18.5 Å². The van der Waals surface area contributed by atoms with Gasteiger partial charge in [-0.15, -0.1) is 22.7 Å². The number of aryl methyl sites for hydroxylation is 1. The minimum atomic E-state index is -0.953. The molecule has 0 saturated carbocycles. The standard InChI is InChI=1S/C21H22N2O4S2/c1-2-3-6-19-22-12-15(10-14(20(24)25)11-16-5-4-9-28-16)23(19)13-17-7-8-18(29-17)21(26)27/h4-5,7-10,12H,2-3,6,11,13H2,1H3,(H,24,25)(H,26,27)/b14-10-. The molecule has 0 radical (unpaired) electrons. The number of aliphatic carboxylic acids is 1. The Morgan fingerprint density at radius 3 is 2.66 bits per heavy atom. The number of rotatable bonds is 10. The van der Waals surface area contributed by atoms with Gasteiger partial charge in [0.05, 0.1) is 18.4 Å². The second-order valence-electron chi connectivity index (χ2n) is 6.59. The lowest BCUT2D eigenvalue weighted by Crippen LogP contribution is -2.08. The summed E-state index contributed by atoms with van der Waals surface area (Å²) in [4.78, 5) is 29.7. The lowest BCUT2D eigenvalue weighted by atomic mass is 10.1. The molecule has 0 aromatic carbocycles. The molecular weight excluding hydrogens is 408 g/mol. The maximum Gasteiger partial charge on any atom is 0.345 e. The zero-order chi connectivity index (χ0) is 20.8. The van der Waals surface area contributed by atoms with Crippen LogP contribution in [0.1, 0.15) is 50.7 Å². The van der Waals surface area contributed by atoms with E-state index in [1.807, 2.05) is 22.1 Å². The molecule has 8 heteroatoms. The largest absolute Gasteiger partial charge is 0.478 e. The topological polar surface area (TPSA) is 92.4 Å². The molecule has 0 aliphatic rings. The molecule has 29 heavy (non-hydrogen) atoms. The number of aromatic carboxylic acids is 1. The molecule has 0 spiro atoms. The lowest BCUT2D eigenvalue weighted by Gasteiger charge is -2.10. The second kappa shape index (κ2) is 9.67. The summed E-state index contributed by atoms with van der Waals surface area (Å²) in [5, 5.41) is 20.8. The smallest absolute Gasteiger partial charge is 0.345 e. The Bertz CT molecular complexity index is 1020. The third-order valence-electron chi connectivity index (χ3n) is 4.45. The van der Waals surface area contributed by atoms with Gasteiger partial charge in [0.25, 0.3) is 0 Å². The van der Waals surface area contributed by atoms with Gasteiger partial charge in [0.15, 0.2) is 0 Å². The van der Waals surface area contributed by atoms with Crippen molar-refractivity contribution in [2.75, 3.05) is 0 Å². The number of unbranched alkanes of at least 4 members (excludes halogenated alkanes) is 1. The average Bonchev–Trinajstić information content (AvgIpc) is 3.42. The molecule has 2 N–H and O–H groups in total. The molecule has 0 fully saturated rings. The van der Waals surface area contributed by atoms with Crippen molar-refractivity contribution in [2.45, 2.75) is 39.2 Å². The Labute approximate surface area is 176 Å². The molecular formula is C21H22N2O4S2. The number of carbonyl (C=O) groups is 2. The fourth-order valence-corrected chi connectivity index (χ4v) is 4.53. The van der Waals surface area contributed by atoms with Crippen LogP contribution in [0.15, 0.2) is 41.4 Å². The molecule has 0 saturated heterocycles. The van der Waals surface area contributed by atoms with E-state index < -0.39 is 11.9 Å². The van der Waals surface area contributed by atoms with Crippen molar-refractivity contribution in [3.63, 3.8) is 0 Å². The van der Waals surface area contributed by atoms with E-state index in [0.717, 1.165) is 40.5 Å². The van der Waals surface area contributed by atoms with E-state index in [1.165, 1.54) is 22.7 Å². The van der Waals surface area contributed by atoms with E-state index in [2.05, 4.69) is 11.9 Å². The Kier molecular flexibility index (Phi) is 7.00. The predicted octanol–water partition coefficient (Wildman–Crippen LogP) is 4.81. The molecule has 0 aliphatic carbocycles. The Morgan fingerprint density at radius 1 is 1.21 bits per heavy atom. The van der Waals surface area contributed by atoms with Gasteiger partial charge in [-0.3, -0.25) is 0 Å². The third kappa shape index (κ3) is 5.42. The van der Waals surface area contributed by atoms with Gasteiger partial charge >= 0.3 is 11.9 Å². The minimum absolute atomic E-state index is 0.288. The lowest BCUT2D eigenvalue weighted by molar-refractivity contribution is -0.132. The minimum Gasteiger partial charge on any atom is -0.478 e. The van der Waals surface area contributed by atoms with Crippen LogP contribution in [0.5, 0.6) is 0 Å². The van der Waals surface area contributed by atoms with Gasteiger partial charge in [0, 0.05) is 28.2 Å². The molecule has 3 aromatic heterocycles. The summed E-state index contributed by atoms with van der Waals surface area (Å²) in [6, 6.07) is 7.23. The van der Waals surface area contributed by atoms with Crippen LogP contribution in [-0.4, -0.2) is 31.7 Å². The van der Waals surface area contributed by atoms with Crippen LogP contribution in [0, 0.1) is 0 Å². The first kappa shape index (κ1) is 21.0. The quantitative estimate of drug-likeness (QED) is 0.451. The maximum atomic E-state index is 11.8. The number of hydrogen-bond acceptors (Lipinski definition) is 5. The number of aromatic nitrogens is 2. The summed E-state index contributed by atoms with van der Waals surface area (Å²) >= 11 is 2.75. The van der Waals surface area contributed by atoms with Gasteiger partial charge in [-0.1, -0.05) is 19.4 Å². The highest BCUT2D eigenvalue weighted by Crippen LogP contribution is 2.22. The van der Waals surface area contributed by atoms with Crippen LogP contribution in [0.25, 0.3) is 6.08 Å². The normalized spacial score (nSPS) is 11.7. The molecule has 0 atom stereocenters. The van der Waals surface area contributed by atoms with Crippen molar-refractivity contribution in [3.05, 3.63) is 67.6 Å². The highest BCUT2D eigenvalue weighted by Gasteiger charge is 2.15. The molecule has 0 bridgehead atoms. The van der Waals surface area contributed by atoms with Crippen LogP contribution in [0.4, 0.5) is 0 Å². The number of carboxylic acids is 2. The van der Waals surface area contributed by atoms with E-state index in [9.17, 15) is 14.7 Å². The Morgan fingerprint density at radius 2 is 2.03 bits per heavy atom.